The molecular formula is C11H13N3O2. The smallest absolute Gasteiger partial charge is 0.264 e. The molecule has 1 amide bonds. The molecule has 16 heavy (non-hydrogen) atoms. The van der Waals surface area contributed by atoms with Crippen LogP contribution < -0.4 is 9.64 Å². The van der Waals surface area contributed by atoms with Gasteiger partial charge in [-0.2, -0.15) is 5.26 Å². The SMILES string of the molecule is CC.CN1C(=O)COc2ncc(C#N)cc21. The quantitative estimate of drug-likeness (QED) is 0.660. The first-order valence-electron chi connectivity index (χ1n) is 5.02. The molecule has 0 unspecified atom stereocenters. The summed E-state index contributed by atoms with van der Waals surface area (Å²) in [5.41, 5.74) is 0.953. The Morgan fingerprint density at radius 3 is 2.88 bits per heavy atom. The van der Waals surface area contributed by atoms with Gasteiger partial charge in [-0.1, -0.05) is 13.8 Å². The molecule has 1 aliphatic heterocycles. The van der Waals surface area contributed by atoms with Crippen molar-refractivity contribution >= 4 is 11.6 Å². The number of anilines is 1. The van der Waals surface area contributed by atoms with Crippen molar-refractivity contribution < 1.29 is 9.53 Å². The lowest BCUT2D eigenvalue weighted by Crippen LogP contribution is -2.35. The first-order chi connectivity index (χ1) is 7.72. The van der Waals surface area contributed by atoms with Crippen LogP contribution in [0.4, 0.5) is 5.69 Å². The number of carbonyl (C=O) groups excluding carboxylic acids is 1. The number of hydrogen-bond donors (Lipinski definition) is 0. The third-order valence-electron chi connectivity index (χ3n) is 2.03. The monoisotopic (exact) mass is 219 g/mol. The van der Waals surface area contributed by atoms with Gasteiger partial charge in [-0.3, -0.25) is 4.79 Å². The minimum Gasteiger partial charge on any atom is -0.466 e. The van der Waals surface area contributed by atoms with Crippen molar-refractivity contribution in [2.75, 3.05) is 18.6 Å². The van der Waals surface area contributed by atoms with E-state index in [1.54, 1.807) is 13.1 Å². The molecule has 0 saturated heterocycles. The maximum absolute atomic E-state index is 11.2. The summed E-state index contributed by atoms with van der Waals surface area (Å²) < 4.78 is 5.09. The maximum atomic E-state index is 11.2. The van der Waals surface area contributed by atoms with E-state index in [2.05, 4.69) is 4.98 Å². The Kier molecular flexibility index (Phi) is 3.84. The Hall–Kier alpha value is -2.09. The molecule has 0 radical (unpaired) electrons. The number of rotatable bonds is 0. The Bertz CT molecular complexity index is 437. The first kappa shape index (κ1) is 12.0. The first-order valence-corrected chi connectivity index (χ1v) is 5.02. The van der Waals surface area contributed by atoms with E-state index in [4.69, 9.17) is 10.00 Å². The van der Waals surface area contributed by atoms with Gasteiger partial charge in [-0.05, 0) is 6.07 Å². The summed E-state index contributed by atoms with van der Waals surface area (Å²) in [6, 6.07) is 3.54. The number of nitriles is 1. The second kappa shape index (κ2) is 5.12. The molecule has 2 heterocycles. The fraction of sp³-hybridized carbons (Fsp3) is 0.364. The van der Waals surface area contributed by atoms with Gasteiger partial charge >= 0.3 is 0 Å². The molecule has 5 heteroatoms. The lowest BCUT2D eigenvalue weighted by molar-refractivity contribution is -0.121. The zero-order valence-electron chi connectivity index (χ0n) is 9.52. The highest BCUT2D eigenvalue weighted by Gasteiger charge is 2.23. The van der Waals surface area contributed by atoms with Crippen LogP contribution in [0.1, 0.15) is 19.4 Å². The number of fused-ring (bicyclic) bond motifs is 1. The molecule has 1 aromatic rings. The molecule has 2 rings (SSSR count). The van der Waals surface area contributed by atoms with Crippen LogP contribution in [0.25, 0.3) is 0 Å². The highest BCUT2D eigenvalue weighted by molar-refractivity contribution is 5.96. The largest absolute Gasteiger partial charge is 0.466 e. The Labute approximate surface area is 94.3 Å². The van der Waals surface area contributed by atoms with E-state index in [1.807, 2.05) is 19.9 Å². The van der Waals surface area contributed by atoms with E-state index in [1.165, 1.54) is 11.1 Å². The minimum atomic E-state index is -0.144. The molecule has 1 aromatic heterocycles. The number of ether oxygens (including phenoxy) is 1. The van der Waals surface area contributed by atoms with Crippen molar-refractivity contribution in [1.29, 1.82) is 5.26 Å². The van der Waals surface area contributed by atoms with Crippen LogP contribution in [0.3, 0.4) is 0 Å². The van der Waals surface area contributed by atoms with Crippen LogP contribution in [0.15, 0.2) is 12.3 Å². The van der Waals surface area contributed by atoms with Crippen LogP contribution in [0.2, 0.25) is 0 Å². The topological polar surface area (TPSA) is 66.2 Å². The maximum Gasteiger partial charge on any atom is 0.264 e. The molecule has 0 bridgehead atoms. The fourth-order valence-corrected chi connectivity index (χ4v) is 1.21. The summed E-state index contributed by atoms with van der Waals surface area (Å²) in [5, 5.41) is 8.66. The van der Waals surface area contributed by atoms with E-state index >= 15 is 0 Å². The number of pyridine rings is 1. The standard InChI is InChI=1S/C9H7N3O2.C2H6/c1-12-7-2-6(3-10)4-11-9(7)14-5-8(12)13;1-2/h2,4H,5H2,1H3;1-2H3. The van der Waals surface area contributed by atoms with Crippen molar-refractivity contribution in [3.63, 3.8) is 0 Å². The van der Waals surface area contributed by atoms with Gasteiger partial charge in [0.1, 0.15) is 11.8 Å². The number of amides is 1. The van der Waals surface area contributed by atoms with Gasteiger partial charge in [0, 0.05) is 13.2 Å². The van der Waals surface area contributed by atoms with Gasteiger partial charge < -0.3 is 9.64 Å². The second-order valence-corrected chi connectivity index (χ2v) is 2.90. The fourth-order valence-electron chi connectivity index (χ4n) is 1.21. The molecule has 5 nitrogen and oxygen atoms in total. The minimum absolute atomic E-state index is 0.00238. The summed E-state index contributed by atoms with van der Waals surface area (Å²) in [5.74, 6) is 0.250. The zero-order valence-corrected chi connectivity index (χ0v) is 9.52. The van der Waals surface area contributed by atoms with Crippen molar-refractivity contribution in [3.8, 4) is 11.9 Å². The van der Waals surface area contributed by atoms with E-state index in [0.717, 1.165) is 0 Å². The van der Waals surface area contributed by atoms with Crippen molar-refractivity contribution in [3.05, 3.63) is 17.8 Å². The lowest BCUT2D eigenvalue weighted by Gasteiger charge is -2.24. The van der Waals surface area contributed by atoms with Crippen LogP contribution in [0, 0.1) is 11.3 Å². The lowest BCUT2D eigenvalue weighted by atomic mass is 10.2. The third-order valence-corrected chi connectivity index (χ3v) is 2.03. The summed E-state index contributed by atoms with van der Waals surface area (Å²) in [6.07, 6.45) is 1.42. The Balaban J connectivity index is 0.000000606. The summed E-state index contributed by atoms with van der Waals surface area (Å²) in [6.45, 7) is 4.00. The van der Waals surface area contributed by atoms with Gasteiger partial charge in [-0.25, -0.2) is 4.98 Å². The molecule has 0 aromatic carbocycles. The van der Waals surface area contributed by atoms with Crippen LogP contribution >= 0.6 is 0 Å². The average molecular weight is 219 g/mol. The van der Waals surface area contributed by atoms with Crippen molar-refractivity contribution in [2.24, 2.45) is 0 Å². The normalized spacial score (nSPS) is 12.9. The molecule has 0 spiro atoms. The van der Waals surface area contributed by atoms with Gasteiger partial charge in [0.25, 0.3) is 5.91 Å². The molecule has 0 aliphatic carbocycles. The second-order valence-electron chi connectivity index (χ2n) is 2.90. The van der Waals surface area contributed by atoms with Gasteiger partial charge in [0.05, 0.1) is 5.56 Å². The van der Waals surface area contributed by atoms with E-state index in [-0.39, 0.29) is 12.5 Å². The number of hydrogen-bond acceptors (Lipinski definition) is 4. The number of nitrogens with zero attached hydrogens (tertiary/aromatic N) is 3. The van der Waals surface area contributed by atoms with Gasteiger partial charge in [0.15, 0.2) is 6.61 Å². The third kappa shape index (κ3) is 2.11. The van der Waals surface area contributed by atoms with Crippen LogP contribution in [-0.2, 0) is 4.79 Å². The summed E-state index contributed by atoms with van der Waals surface area (Å²) >= 11 is 0. The van der Waals surface area contributed by atoms with Crippen LogP contribution in [-0.4, -0.2) is 24.5 Å². The molecule has 0 fully saturated rings. The van der Waals surface area contributed by atoms with Gasteiger partial charge in [0.2, 0.25) is 5.88 Å². The van der Waals surface area contributed by atoms with E-state index in [0.29, 0.717) is 17.1 Å². The Morgan fingerprint density at radius 2 is 2.25 bits per heavy atom. The number of carbonyl (C=O) groups is 1. The summed E-state index contributed by atoms with van der Waals surface area (Å²) in [7, 11) is 1.63. The number of aromatic nitrogens is 1. The zero-order chi connectivity index (χ0) is 12.1. The number of likely N-dealkylation sites (N-methyl/N-ethyl adjacent to an activating group) is 1. The Morgan fingerprint density at radius 1 is 1.56 bits per heavy atom. The summed E-state index contributed by atoms with van der Waals surface area (Å²) in [4.78, 5) is 16.6. The van der Waals surface area contributed by atoms with Crippen molar-refractivity contribution in [2.45, 2.75) is 13.8 Å². The molecule has 0 saturated carbocycles. The van der Waals surface area contributed by atoms with E-state index < -0.39 is 0 Å². The highest BCUT2D eigenvalue weighted by atomic mass is 16.5. The predicted octanol–water partition coefficient (Wildman–Crippen LogP) is 1.33. The predicted molar refractivity (Wildman–Crippen MR) is 59.2 cm³/mol. The molecule has 1 aliphatic rings. The van der Waals surface area contributed by atoms with Gasteiger partial charge in [-0.15, -0.1) is 0 Å². The molecular weight excluding hydrogens is 206 g/mol. The van der Waals surface area contributed by atoms with E-state index in [9.17, 15) is 4.79 Å². The molecule has 84 valence electrons. The molecule has 0 atom stereocenters. The van der Waals surface area contributed by atoms with Crippen molar-refractivity contribution in [1.82, 2.24) is 4.98 Å². The highest BCUT2D eigenvalue weighted by Crippen LogP contribution is 2.28. The van der Waals surface area contributed by atoms with Crippen LogP contribution in [0.5, 0.6) is 5.88 Å². The average Bonchev–Trinajstić information content (AvgIpc) is 2.36. The molecule has 0 N–H and O–H groups in total.